The Kier molecular flexibility index (Phi) is 7.53. The molecule has 0 radical (unpaired) electrons. The van der Waals surface area contributed by atoms with Crippen molar-refractivity contribution in [2.75, 3.05) is 0 Å². The van der Waals surface area contributed by atoms with Crippen LogP contribution in [0.5, 0.6) is 0 Å². The van der Waals surface area contributed by atoms with Crippen LogP contribution in [0.15, 0.2) is 218 Å². The molecule has 0 aliphatic carbocycles. The van der Waals surface area contributed by atoms with Gasteiger partial charge in [-0.3, -0.25) is 0 Å². The molecule has 0 fully saturated rings. The van der Waals surface area contributed by atoms with Gasteiger partial charge in [-0.2, -0.15) is 0 Å². The summed E-state index contributed by atoms with van der Waals surface area (Å²) in [5.41, 5.74) is 16.7. The smallest absolute Gasteiger partial charge is 0.0548 e. The average Bonchev–Trinajstić information content (AvgIpc) is 3.80. The molecule has 0 unspecified atom stereocenters. The minimum absolute atomic E-state index is 1.14. The number of nitrogens with zero attached hydrogens (tertiary/aromatic N) is 2. The molecule has 0 bridgehead atoms. The lowest BCUT2D eigenvalue weighted by molar-refractivity contribution is 1.17. The zero-order chi connectivity index (χ0) is 37.0. The summed E-state index contributed by atoms with van der Waals surface area (Å²) in [4.78, 5) is 0. The summed E-state index contributed by atoms with van der Waals surface area (Å²) >= 11 is 0. The fraction of sp³-hybridized carbons (Fsp3) is 0. The average molecular weight is 713 g/mol. The lowest BCUT2D eigenvalue weighted by Gasteiger charge is -2.14. The van der Waals surface area contributed by atoms with Gasteiger partial charge in [0.15, 0.2) is 0 Å². The van der Waals surface area contributed by atoms with E-state index in [1.165, 1.54) is 88.1 Å². The second kappa shape index (κ2) is 13.2. The molecule has 0 N–H and O–H groups in total. The molecule has 11 rings (SSSR count). The Morgan fingerprint density at radius 1 is 0.214 bits per heavy atom. The van der Waals surface area contributed by atoms with Crippen molar-refractivity contribution in [3.05, 3.63) is 218 Å². The van der Waals surface area contributed by atoms with Crippen LogP contribution in [0.1, 0.15) is 0 Å². The van der Waals surface area contributed by atoms with E-state index in [-0.39, 0.29) is 0 Å². The van der Waals surface area contributed by atoms with Crippen molar-refractivity contribution >= 4 is 43.6 Å². The van der Waals surface area contributed by atoms with Crippen LogP contribution >= 0.6 is 0 Å². The van der Waals surface area contributed by atoms with E-state index in [1.807, 2.05) is 0 Å². The summed E-state index contributed by atoms with van der Waals surface area (Å²) in [5.74, 6) is 0. The second-order valence-corrected chi connectivity index (χ2v) is 14.5. The van der Waals surface area contributed by atoms with Crippen LogP contribution in [0.4, 0.5) is 0 Å². The van der Waals surface area contributed by atoms with Crippen molar-refractivity contribution in [3.63, 3.8) is 0 Å². The van der Waals surface area contributed by atoms with Gasteiger partial charge < -0.3 is 9.13 Å². The quantitative estimate of drug-likeness (QED) is 0.162. The standard InChI is InChI=1S/C54H36N2/c1-4-14-37(15-5-1)40-24-26-42(27-25-40)44-34-43(39-18-8-3-9-19-39)35-46(36-44)56-50-23-13-11-21-48(50)54-52(56)33-32-51-53(54)47-20-10-12-22-49(47)55(51)45-30-28-41(29-31-45)38-16-6-2-7-17-38/h1-36H. The predicted molar refractivity (Wildman–Crippen MR) is 237 cm³/mol. The maximum Gasteiger partial charge on any atom is 0.0548 e. The maximum atomic E-state index is 2.47. The summed E-state index contributed by atoms with van der Waals surface area (Å²) < 4.78 is 4.90. The molecule has 0 atom stereocenters. The Morgan fingerprint density at radius 3 is 1.02 bits per heavy atom. The molecule has 2 heteroatoms. The number of fused-ring (bicyclic) bond motifs is 7. The maximum absolute atomic E-state index is 2.47. The van der Waals surface area contributed by atoms with Gasteiger partial charge >= 0.3 is 0 Å². The minimum atomic E-state index is 1.14. The van der Waals surface area contributed by atoms with Crippen LogP contribution in [0.25, 0.3) is 99.5 Å². The highest BCUT2D eigenvalue weighted by Gasteiger charge is 2.21. The fourth-order valence-electron chi connectivity index (χ4n) is 8.70. The van der Waals surface area contributed by atoms with Crippen molar-refractivity contribution in [1.29, 1.82) is 0 Å². The van der Waals surface area contributed by atoms with Crippen LogP contribution in [0.2, 0.25) is 0 Å². The third-order valence-corrected chi connectivity index (χ3v) is 11.3. The highest BCUT2D eigenvalue weighted by atomic mass is 15.0. The van der Waals surface area contributed by atoms with Crippen molar-refractivity contribution in [2.24, 2.45) is 0 Å². The number of aromatic nitrogens is 2. The van der Waals surface area contributed by atoms with Crippen LogP contribution in [-0.4, -0.2) is 9.13 Å². The summed E-state index contributed by atoms with van der Waals surface area (Å²) in [7, 11) is 0. The molecule has 0 saturated carbocycles. The van der Waals surface area contributed by atoms with Crippen LogP contribution in [0, 0.1) is 0 Å². The minimum Gasteiger partial charge on any atom is -0.309 e. The first kappa shape index (κ1) is 32.0. The van der Waals surface area contributed by atoms with Crippen molar-refractivity contribution in [3.8, 4) is 55.9 Å². The predicted octanol–water partition coefficient (Wildman–Crippen LogP) is 14.5. The summed E-state index contributed by atoms with van der Waals surface area (Å²) in [6.07, 6.45) is 0. The van der Waals surface area contributed by atoms with Gasteiger partial charge in [-0.25, -0.2) is 0 Å². The third kappa shape index (κ3) is 5.26. The monoisotopic (exact) mass is 712 g/mol. The molecular weight excluding hydrogens is 677 g/mol. The number of hydrogen-bond acceptors (Lipinski definition) is 0. The molecule has 2 aromatic heterocycles. The van der Waals surface area contributed by atoms with Crippen LogP contribution < -0.4 is 0 Å². The van der Waals surface area contributed by atoms with Crippen LogP contribution in [0.3, 0.4) is 0 Å². The van der Waals surface area contributed by atoms with Gasteiger partial charge in [-0.15, -0.1) is 0 Å². The Balaban J connectivity index is 1.14. The van der Waals surface area contributed by atoms with Gasteiger partial charge in [0.2, 0.25) is 0 Å². The molecule has 0 saturated heterocycles. The third-order valence-electron chi connectivity index (χ3n) is 11.3. The van der Waals surface area contributed by atoms with Gasteiger partial charge in [0.25, 0.3) is 0 Å². The Labute approximate surface area is 325 Å². The topological polar surface area (TPSA) is 9.86 Å². The molecule has 0 amide bonds. The molecule has 0 aliphatic heterocycles. The molecule has 2 nitrogen and oxygen atoms in total. The lowest BCUT2D eigenvalue weighted by Crippen LogP contribution is -1.96. The zero-order valence-corrected chi connectivity index (χ0v) is 30.7. The van der Waals surface area contributed by atoms with Gasteiger partial charge in [-0.1, -0.05) is 164 Å². The molecule has 11 aromatic rings. The number of hydrogen-bond donors (Lipinski definition) is 0. The highest BCUT2D eigenvalue weighted by Crippen LogP contribution is 2.43. The second-order valence-electron chi connectivity index (χ2n) is 14.5. The fourth-order valence-corrected chi connectivity index (χ4v) is 8.70. The van der Waals surface area contributed by atoms with Crippen molar-refractivity contribution < 1.29 is 0 Å². The number of rotatable bonds is 6. The normalized spacial score (nSPS) is 11.6. The first-order chi connectivity index (χ1) is 27.8. The zero-order valence-electron chi connectivity index (χ0n) is 30.7. The molecular formula is C54H36N2. The molecule has 56 heavy (non-hydrogen) atoms. The molecule has 9 aromatic carbocycles. The van der Waals surface area contributed by atoms with Gasteiger partial charge in [0.1, 0.15) is 0 Å². The lowest BCUT2D eigenvalue weighted by atomic mass is 9.96. The van der Waals surface area contributed by atoms with Crippen LogP contribution in [-0.2, 0) is 0 Å². The first-order valence-corrected chi connectivity index (χ1v) is 19.3. The van der Waals surface area contributed by atoms with E-state index in [9.17, 15) is 0 Å². The van der Waals surface area contributed by atoms with Crippen molar-refractivity contribution in [1.82, 2.24) is 9.13 Å². The summed E-state index contributed by atoms with van der Waals surface area (Å²) in [6, 6.07) is 79.4. The summed E-state index contributed by atoms with van der Waals surface area (Å²) in [5, 5.41) is 5.04. The Bertz CT molecular complexity index is 3190. The number of para-hydroxylation sites is 2. The van der Waals surface area contributed by atoms with E-state index in [1.54, 1.807) is 0 Å². The molecule has 2 heterocycles. The number of benzene rings is 9. The van der Waals surface area contributed by atoms with E-state index in [4.69, 9.17) is 0 Å². The Morgan fingerprint density at radius 2 is 0.554 bits per heavy atom. The van der Waals surface area contributed by atoms with Gasteiger partial charge in [0, 0.05) is 32.9 Å². The van der Waals surface area contributed by atoms with E-state index in [2.05, 4.69) is 228 Å². The van der Waals surface area contributed by atoms with E-state index in [0.717, 1.165) is 11.4 Å². The van der Waals surface area contributed by atoms with Gasteiger partial charge in [-0.05, 0) is 99.1 Å². The Hall–Kier alpha value is -7.42. The molecule has 0 aliphatic rings. The molecule has 0 spiro atoms. The van der Waals surface area contributed by atoms with E-state index < -0.39 is 0 Å². The van der Waals surface area contributed by atoms with E-state index in [0.29, 0.717) is 0 Å². The van der Waals surface area contributed by atoms with Gasteiger partial charge in [0.05, 0.1) is 22.1 Å². The highest BCUT2D eigenvalue weighted by molar-refractivity contribution is 6.29. The summed E-state index contributed by atoms with van der Waals surface area (Å²) in [6.45, 7) is 0. The van der Waals surface area contributed by atoms with Crippen molar-refractivity contribution in [2.45, 2.75) is 0 Å². The SMILES string of the molecule is c1ccc(-c2ccc(-c3cc(-c4ccccc4)cc(-n4c5ccccc5c5c6c7ccccc7n(-c7ccc(-c8ccccc8)cc7)c6ccc54)c3)cc2)cc1. The first-order valence-electron chi connectivity index (χ1n) is 19.3. The van der Waals surface area contributed by atoms with E-state index >= 15 is 0 Å². The largest absolute Gasteiger partial charge is 0.309 e. The molecule has 262 valence electrons.